The molecule has 0 bridgehead atoms. The lowest BCUT2D eigenvalue weighted by molar-refractivity contribution is 0.104. The van der Waals surface area contributed by atoms with Crippen molar-refractivity contribution in [3.8, 4) is 0 Å². The van der Waals surface area contributed by atoms with E-state index in [1.807, 2.05) is 60.7 Å². The molecule has 0 aliphatic heterocycles. The Morgan fingerprint density at radius 3 is 1.49 bits per heavy atom. The van der Waals surface area contributed by atoms with Crippen LogP contribution in [-0.4, -0.2) is 22.6 Å². The van der Waals surface area contributed by atoms with Crippen LogP contribution in [0.3, 0.4) is 0 Å². The SMILES string of the molecule is NS(=O)(=O)c1csc(C(=O)c2ccccc2)c1.NS(=O)(=O)c1csc(C(c2ccccc2)c2ccccc2)c1. The normalized spacial score (nSPS) is 11.6. The van der Waals surface area contributed by atoms with E-state index in [1.165, 1.54) is 22.8 Å². The topological polar surface area (TPSA) is 137 Å². The summed E-state index contributed by atoms with van der Waals surface area (Å²) < 4.78 is 45.2. The highest BCUT2D eigenvalue weighted by atomic mass is 32.2. The van der Waals surface area contributed by atoms with Crippen LogP contribution >= 0.6 is 22.7 Å². The summed E-state index contributed by atoms with van der Waals surface area (Å²) in [7, 11) is -7.41. The summed E-state index contributed by atoms with van der Waals surface area (Å²) in [6, 6.07) is 31.7. The van der Waals surface area contributed by atoms with Gasteiger partial charge in [0.1, 0.15) is 0 Å². The molecule has 4 N–H and O–H groups in total. The molecule has 200 valence electrons. The van der Waals surface area contributed by atoms with Crippen molar-refractivity contribution in [1.29, 1.82) is 0 Å². The van der Waals surface area contributed by atoms with E-state index in [-0.39, 0.29) is 21.5 Å². The van der Waals surface area contributed by atoms with Gasteiger partial charge in [-0.1, -0.05) is 91.0 Å². The van der Waals surface area contributed by atoms with E-state index in [0.717, 1.165) is 27.3 Å². The van der Waals surface area contributed by atoms with E-state index in [1.54, 1.807) is 41.8 Å². The number of nitrogens with two attached hydrogens (primary N) is 2. The largest absolute Gasteiger partial charge is 0.288 e. The van der Waals surface area contributed by atoms with Gasteiger partial charge in [0.05, 0.1) is 14.7 Å². The van der Waals surface area contributed by atoms with Crippen molar-refractivity contribution in [2.75, 3.05) is 0 Å². The second kappa shape index (κ2) is 12.2. The molecule has 2 aromatic heterocycles. The first-order chi connectivity index (χ1) is 18.5. The molecule has 0 radical (unpaired) electrons. The number of rotatable bonds is 7. The fraction of sp³-hybridized carbons (Fsp3) is 0.0357. The van der Waals surface area contributed by atoms with Gasteiger partial charge in [0.2, 0.25) is 25.8 Å². The van der Waals surface area contributed by atoms with Crippen molar-refractivity contribution in [2.45, 2.75) is 15.7 Å². The highest BCUT2D eigenvalue weighted by Gasteiger charge is 2.21. The molecule has 0 aliphatic rings. The van der Waals surface area contributed by atoms with Crippen LogP contribution in [0.1, 0.15) is 37.2 Å². The summed E-state index contributed by atoms with van der Waals surface area (Å²) in [5.41, 5.74) is 2.77. The van der Waals surface area contributed by atoms with Crippen LogP contribution < -0.4 is 10.3 Å². The Morgan fingerprint density at radius 2 is 1.05 bits per heavy atom. The van der Waals surface area contributed by atoms with Crippen molar-refractivity contribution in [3.05, 3.63) is 140 Å². The molecule has 0 saturated carbocycles. The van der Waals surface area contributed by atoms with Crippen molar-refractivity contribution in [3.63, 3.8) is 0 Å². The molecule has 0 unspecified atom stereocenters. The molecule has 7 nitrogen and oxygen atoms in total. The number of sulfonamides is 2. The summed E-state index contributed by atoms with van der Waals surface area (Å²) >= 11 is 2.49. The second-order valence-corrected chi connectivity index (χ2v) is 13.3. The van der Waals surface area contributed by atoms with Crippen LogP contribution in [-0.2, 0) is 20.0 Å². The maximum atomic E-state index is 12.0. The number of hydrogen-bond acceptors (Lipinski definition) is 7. The predicted octanol–water partition coefficient (Wildman–Crippen LogP) is 5.20. The third-order valence-electron chi connectivity index (χ3n) is 5.64. The maximum absolute atomic E-state index is 12.0. The van der Waals surface area contributed by atoms with Gasteiger partial charge in [0.25, 0.3) is 0 Å². The van der Waals surface area contributed by atoms with E-state index in [2.05, 4.69) is 0 Å². The molecule has 0 aliphatic carbocycles. The van der Waals surface area contributed by atoms with Crippen LogP contribution in [0.25, 0.3) is 0 Å². The van der Waals surface area contributed by atoms with Gasteiger partial charge in [0, 0.05) is 27.1 Å². The molecule has 0 fully saturated rings. The van der Waals surface area contributed by atoms with Gasteiger partial charge in [-0.15, -0.1) is 22.7 Å². The molecule has 0 amide bonds. The van der Waals surface area contributed by atoms with Gasteiger partial charge in [-0.3, -0.25) is 4.79 Å². The van der Waals surface area contributed by atoms with E-state index in [4.69, 9.17) is 10.3 Å². The van der Waals surface area contributed by atoms with Crippen molar-refractivity contribution >= 4 is 48.5 Å². The zero-order chi connectivity index (χ0) is 28.0. The number of hydrogen-bond donors (Lipinski definition) is 2. The zero-order valence-corrected chi connectivity index (χ0v) is 23.6. The number of carbonyl (C=O) groups excluding carboxylic acids is 1. The first kappa shape index (κ1) is 28.6. The number of benzene rings is 3. The smallest absolute Gasteiger partial charge is 0.238 e. The van der Waals surface area contributed by atoms with E-state index < -0.39 is 20.0 Å². The lowest BCUT2D eigenvalue weighted by Gasteiger charge is -2.16. The molecule has 0 spiro atoms. The Bertz CT molecular complexity index is 1730. The van der Waals surface area contributed by atoms with Gasteiger partial charge >= 0.3 is 0 Å². The maximum Gasteiger partial charge on any atom is 0.238 e. The fourth-order valence-electron chi connectivity index (χ4n) is 3.77. The minimum atomic E-state index is -3.74. The summed E-state index contributed by atoms with van der Waals surface area (Å²) in [5.74, 6) is -0.201. The average molecular weight is 597 g/mol. The Hall–Kier alpha value is -3.45. The molecule has 0 atom stereocenters. The van der Waals surface area contributed by atoms with Crippen LogP contribution in [0.15, 0.2) is 124 Å². The Morgan fingerprint density at radius 1 is 0.615 bits per heavy atom. The molecule has 0 saturated heterocycles. The first-order valence-electron chi connectivity index (χ1n) is 11.5. The average Bonchev–Trinajstić information content (AvgIpc) is 3.62. The van der Waals surface area contributed by atoms with Gasteiger partial charge in [-0.25, -0.2) is 27.1 Å². The van der Waals surface area contributed by atoms with Gasteiger partial charge in [-0.05, 0) is 23.3 Å². The number of primary sulfonamides is 2. The highest BCUT2D eigenvalue weighted by Crippen LogP contribution is 2.36. The standard InChI is InChI=1S/C17H15NO2S2.C11H9NO3S2/c18-22(19,20)15-11-16(21-12-15)17(13-7-3-1-4-8-13)14-9-5-2-6-10-14;12-17(14,15)9-6-10(16-7-9)11(13)8-4-2-1-3-5-8/h1-12,17H,(H2,18,19,20);1-7H,(H2,12,14,15). The van der Waals surface area contributed by atoms with E-state index in [0.29, 0.717) is 10.4 Å². The Kier molecular flexibility index (Phi) is 8.90. The molecule has 5 aromatic rings. The van der Waals surface area contributed by atoms with Gasteiger partial charge < -0.3 is 0 Å². The fourth-order valence-corrected chi connectivity index (χ4v) is 7.50. The monoisotopic (exact) mass is 596 g/mol. The van der Waals surface area contributed by atoms with E-state index in [9.17, 15) is 21.6 Å². The molecular formula is C28H24N2O5S4. The van der Waals surface area contributed by atoms with Crippen LogP contribution in [0.5, 0.6) is 0 Å². The zero-order valence-electron chi connectivity index (χ0n) is 20.4. The number of thiophene rings is 2. The molecule has 2 heterocycles. The minimum Gasteiger partial charge on any atom is -0.288 e. The van der Waals surface area contributed by atoms with Crippen LogP contribution in [0, 0.1) is 0 Å². The lowest BCUT2D eigenvalue weighted by atomic mass is 9.90. The van der Waals surface area contributed by atoms with Gasteiger partial charge in [-0.2, -0.15) is 0 Å². The third-order valence-corrected chi connectivity index (χ3v) is 9.65. The lowest BCUT2D eigenvalue weighted by Crippen LogP contribution is -2.11. The first-order valence-corrected chi connectivity index (χ1v) is 16.3. The summed E-state index contributed by atoms with van der Waals surface area (Å²) in [6.45, 7) is 0. The number of carbonyl (C=O) groups is 1. The summed E-state index contributed by atoms with van der Waals surface area (Å²) in [4.78, 5) is 13.4. The summed E-state index contributed by atoms with van der Waals surface area (Å²) in [6.07, 6.45) is 0. The van der Waals surface area contributed by atoms with Crippen molar-refractivity contribution < 1.29 is 21.6 Å². The number of ketones is 1. The Balaban J connectivity index is 0.000000187. The Labute approximate surface area is 235 Å². The second-order valence-electron chi connectivity index (χ2n) is 8.37. The van der Waals surface area contributed by atoms with Crippen LogP contribution in [0.4, 0.5) is 0 Å². The van der Waals surface area contributed by atoms with Crippen molar-refractivity contribution in [1.82, 2.24) is 0 Å². The third kappa shape index (κ3) is 7.35. The minimum absolute atomic E-state index is 0.00269. The molecule has 11 heteroatoms. The quantitative estimate of drug-likeness (QED) is 0.249. The summed E-state index contributed by atoms with van der Waals surface area (Å²) in [5, 5.41) is 13.2. The highest BCUT2D eigenvalue weighted by molar-refractivity contribution is 7.89. The molecule has 39 heavy (non-hydrogen) atoms. The van der Waals surface area contributed by atoms with Gasteiger partial charge in [0.15, 0.2) is 0 Å². The van der Waals surface area contributed by atoms with Crippen LogP contribution in [0.2, 0.25) is 0 Å². The predicted molar refractivity (Wildman–Crippen MR) is 155 cm³/mol. The molecule has 3 aromatic carbocycles. The molecule has 5 rings (SSSR count). The van der Waals surface area contributed by atoms with E-state index >= 15 is 0 Å². The van der Waals surface area contributed by atoms with Crippen molar-refractivity contribution in [2.24, 2.45) is 10.3 Å². The molecular weight excluding hydrogens is 573 g/mol.